The first-order valence-electron chi connectivity index (χ1n) is 9.51. The molecule has 7 heteroatoms. The van der Waals surface area contributed by atoms with Gasteiger partial charge >= 0.3 is 0 Å². The van der Waals surface area contributed by atoms with Gasteiger partial charge in [0.1, 0.15) is 0 Å². The van der Waals surface area contributed by atoms with E-state index in [0.717, 1.165) is 22.4 Å². The highest BCUT2D eigenvalue weighted by Gasteiger charge is 2.09. The van der Waals surface area contributed by atoms with Crippen LogP contribution in [0.25, 0.3) is 22.4 Å². The van der Waals surface area contributed by atoms with Gasteiger partial charge in [-0.05, 0) is 34.4 Å². The maximum Gasteiger partial charge on any atom is 0.238 e. The van der Waals surface area contributed by atoms with Crippen LogP contribution in [0.4, 0.5) is 0 Å². The van der Waals surface area contributed by atoms with E-state index < -0.39 is 10.0 Å². The van der Waals surface area contributed by atoms with Gasteiger partial charge in [-0.25, -0.2) is 13.6 Å². The molecular weight excluding hydrogens is 396 g/mol. The monoisotopic (exact) mass is 418 g/mol. The number of rotatable bonds is 7. The van der Waals surface area contributed by atoms with Gasteiger partial charge in [0, 0.05) is 18.7 Å². The van der Waals surface area contributed by atoms with Gasteiger partial charge in [-0.3, -0.25) is 5.10 Å². The van der Waals surface area contributed by atoms with E-state index in [1.54, 1.807) is 12.1 Å². The Morgan fingerprint density at radius 1 is 0.800 bits per heavy atom. The summed E-state index contributed by atoms with van der Waals surface area (Å²) in [5, 5.41) is 15.8. The fourth-order valence-electron chi connectivity index (χ4n) is 3.29. The largest absolute Gasteiger partial charge is 0.308 e. The Hall–Kier alpha value is -3.26. The van der Waals surface area contributed by atoms with E-state index in [2.05, 4.69) is 51.9 Å². The van der Waals surface area contributed by atoms with E-state index in [0.29, 0.717) is 13.1 Å². The lowest BCUT2D eigenvalue weighted by atomic mass is 10.0. The van der Waals surface area contributed by atoms with Crippen molar-refractivity contribution in [2.75, 3.05) is 0 Å². The zero-order valence-corrected chi connectivity index (χ0v) is 17.1. The Morgan fingerprint density at radius 3 is 2.10 bits per heavy atom. The third kappa shape index (κ3) is 4.65. The predicted octanol–water partition coefficient (Wildman–Crippen LogP) is 3.68. The standard InChI is InChI=1S/C23H22N4O2S/c24-30(28,29)22-12-6-17(7-13-22)14-25-15-21-16-26-27-23(21)20-10-8-19(9-11-20)18-4-2-1-3-5-18/h1-13,16,25H,14-15H2,(H,26,27)(H2,24,28,29). The van der Waals surface area contributed by atoms with Crippen LogP contribution in [0.2, 0.25) is 0 Å². The second kappa shape index (κ2) is 8.62. The van der Waals surface area contributed by atoms with Crippen LogP contribution in [0.3, 0.4) is 0 Å². The van der Waals surface area contributed by atoms with E-state index in [1.807, 2.05) is 24.4 Å². The first-order chi connectivity index (χ1) is 14.5. The second-order valence-electron chi connectivity index (χ2n) is 7.01. The van der Waals surface area contributed by atoms with Gasteiger partial charge in [-0.2, -0.15) is 5.10 Å². The molecule has 0 bridgehead atoms. The molecule has 6 nitrogen and oxygen atoms in total. The molecule has 1 aromatic heterocycles. The number of nitrogens with zero attached hydrogens (tertiary/aromatic N) is 1. The molecule has 30 heavy (non-hydrogen) atoms. The Bertz CT molecular complexity index is 1220. The van der Waals surface area contributed by atoms with E-state index in [4.69, 9.17) is 5.14 Å². The van der Waals surface area contributed by atoms with Crippen LogP contribution in [-0.4, -0.2) is 18.6 Å². The molecular formula is C23H22N4O2S. The summed E-state index contributed by atoms with van der Waals surface area (Å²) in [6, 6.07) is 25.2. The average Bonchev–Trinajstić information content (AvgIpc) is 3.23. The lowest BCUT2D eigenvalue weighted by molar-refractivity contribution is 0.597. The predicted molar refractivity (Wildman–Crippen MR) is 118 cm³/mol. The van der Waals surface area contributed by atoms with Crippen LogP contribution in [0, 0.1) is 0 Å². The number of aromatic amines is 1. The minimum Gasteiger partial charge on any atom is -0.308 e. The second-order valence-corrected chi connectivity index (χ2v) is 8.57. The molecule has 0 spiro atoms. The van der Waals surface area contributed by atoms with Crippen molar-refractivity contribution in [2.45, 2.75) is 18.0 Å². The SMILES string of the molecule is NS(=O)(=O)c1ccc(CNCc2cn[nH]c2-c2ccc(-c3ccccc3)cc2)cc1. The summed E-state index contributed by atoms with van der Waals surface area (Å²) in [5.41, 5.74) is 6.43. The number of aromatic nitrogens is 2. The molecule has 0 aliphatic heterocycles. The summed E-state index contributed by atoms with van der Waals surface area (Å²) < 4.78 is 22.7. The van der Waals surface area contributed by atoms with Gasteiger partial charge in [-0.15, -0.1) is 0 Å². The molecule has 3 aromatic carbocycles. The molecule has 0 saturated heterocycles. The number of benzene rings is 3. The Balaban J connectivity index is 1.41. The summed E-state index contributed by atoms with van der Waals surface area (Å²) in [4.78, 5) is 0.113. The van der Waals surface area contributed by atoms with Crippen molar-refractivity contribution in [3.63, 3.8) is 0 Å². The summed E-state index contributed by atoms with van der Waals surface area (Å²) >= 11 is 0. The fraction of sp³-hybridized carbons (Fsp3) is 0.0870. The average molecular weight is 419 g/mol. The number of sulfonamides is 1. The van der Waals surface area contributed by atoms with Crippen molar-refractivity contribution < 1.29 is 8.42 Å². The van der Waals surface area contributed by atoms with E-state index in [9.17, 15) is 8.42 Å². The number of H-pyrrole nitrogens is 1. The van der Waals surface area contributed by atoms with Gasteiger partial charge in [0.15, 0.2) is 0 Å². The number of primary sulfonamides is 1. The molecule has 0 atom stereocenters. The first-order valence-corrected chi connectivity index (χ1v) is 11.1. The van der Waals surface area contributed by atoms with Gasteiger partial charge in [0.25, 0.3) is 0 Å². The third-order valence-corrected chi connectivity index (χ3v) is 5.82. The van der Waals surface area contributed by atoms with Crippen molar-refractivity contribution in [3.05, 3.63) is 96.2 Å². The highest BCUT2D eigenvalue weighted by molar-refractivity contribution is 7.89. The molecule has 0 unspecified atom stereocenters. The van der Waals surface area contributed by atoms with Crippen LogP contribution in [0.1, 0.15) is 11.1 Å². The molecule has 0 radical (unpaired) electrons. The summed E-state index contributed by atoms with van der Waals surface area (Å²) in [6.07, 6.45) is 1.82. The minimum atomic E-state index is -3.67. The normalized spacial score (nSPS) is 11.5. The van der Waals surface area contributed by atoms with Gasteiger partial charge in [0.2, 0.25) is 10.0 Å². The minimum absolute atomic E-state index is 0.113. The number of hydrogen-bond donors (Lipinski definition) is 3. The fourth-order valence-corrected chi connectivity index (χ4v) is 3.81. The number of nitrogens with one attached hydrogen (secondary N) is 2. The zero-order chi connectivity index (χ0) is 21.0. The molecule has 152 valence electrons. The van der Waals surface area contributed by atoms with Crippen LogP contribution in [0.5, 0.6) is 0 Å². The molecule has 4 aromatic rings. The van der Waals surface area contributed by atoms with Crippen LogP contribution in [-0.2, 0) is 23.1 Å². The molecule has 0 aliphatic carbocycles. The molecule has 0 amide bonds. The lowest BCUT2D eigenvalue weighted by Gasteiger charge is -2.08. The van der Waals surface area contributed by atoms with Crippen molar-refractivity contribution in [2.24, 2.45) is 5.14 Å². The first kappa shape index (κ1) is 20.0. The van der Waals surface area contributed by atoms with Gasteiger partial charge < -0.3 is 5.32 Å². The van der Waals surface area contributed by atoms with Crippen LogP contribution in [0.15, 0.2) is 90.0 Å². The maximum atomic E-state index is 11.3. The van der Waals surface area contributed by atoms with Crippen molar-refractivity contribution in [1.29, 1.82) is 0 Å². The summed E-state index contributed by atoms with van der Waals surface area (Å²) in [6.45, 7) is 1.23. The highest BCUT2D eigenvalue weighted by atomic mass is 32.2. The van der Waals surface area contributed by atoms with E-state index in [1.165, 1.54) is 23.3 Å². The topological polar surface area (TPSA) is 101 Å². The van der Waals surface area contributed by atoms with E-state index >= 15 is 0 Å². The zero-order valence-electron chi connectivity index (χ0n) is 16.2. The van der Waals surface area contributed by atoms with E-state index in [-0.39, 0.29) is 4.90 Å². The summed E-state index contributed by atoms with van der Waals surface area (Å²) in [5.74, 6) is 0. The Morgan fingerprint density at radius 2 is 1.43 bits per heavy atom. The molecule has 1 heterocycles. The third-order valence-electron chi connectivity index (χ3n) is 4.90. The van der Waals surface area contributed by atoms with Gasteiger partial charge in [-0.1, -0.05) is 66.7 Å². The molecule has 0 saturated carbocycles. The Kier molecular flexibility index (Phi) is 5.76. The number of hydrogen-bond acceptors (Lipinski definition) is 4. The molecule has 4 rings (SSSR count). The molecule has 0 aliphatic rings. The summed E-state index contributed by atoms with van der Waals surface area (Å²) in [7, 11) is -3.67. The molecule has 4 N–H and O–H groups in total. The molecule has 0 fully saturated rings. The van der Waals surface area contributed by atoms with Crippen LogP contribution >= 0.6 is 0 Å². The quantitative estimate of drug-likeness (QED) is 0.426. The Labute approximate surface area is 175 Å². The maximum absolute atomic E-state index is 11.3. The highest BCUT2D eigenvalue weighted by Crippen LogP contribution is 2.25. The number of nitrogens with two attached hydrogens (primary N) is 1. The van der Waals surface area contributed by atoms with Gasteiger partial charge in [0.05, 0.1) is 16.8 Å². The smallest absolute Gasteiger partial charge is 0.238 e. The van der Waals surface area contributed by atoms with Crippen molar-refractivity contribution >= 4 is 10.0 Å². The van der Waals surface area contributed by atoms with Crippen molar-refractivity contribution in [3.8, 4) is 22.4 Å². The lowest BCUT2D eigenvalue weighted by Crippen LogP contribution is -2.14. The van der Waals surface area contributed by atoms with Crippen LogP contribution < -0.4 is 10.5 Å². The van der Waals surface area contributed by atoms with Crippen molar-refractivity contribution in [1.82, 2.24) is 15.5 Å².